The summed E-state index contributed by atoms with van der Waals surface area (Å²) in [6.07, 6.45) is 3.10. The maximum Gasteiger partial charge on any atom is 0.330 e. The third-order valence-corrected chi connectivity index (χ3v) is 7.55. The quantitative estimate of drug-likeness (QED) is 0.482. The van der Waals surface area contributed by atoms with E-state index in [0.29, 0.717) is 12.8 Å². The lowest BCUT2D eigenvalue weighted by Crippen LogP contribution is -2.67. The summed E-state index contributed by atoms with van der Waals surface area (Å²) < 4.78 is 12.0. The second-order valence-electron chi connectivity index (χ2n) is 10.9. The molecule has 2 saturated carbocycles. The third-order valence-electron chi connectivity index (χ3n) is 7.55. The van der Waals surface area contributed by atoms with Crippen LogP contribution in [0.1, 0.15) is 68.2 Å². The molecule has 0 amide bonds. The number of ether oxygens (including phenoxy) is 2. The molecule has 3 rings (SSSR count). The first kappa shape index (κ1) is 22.8. The lowest BCUT2D eigenvalue weighted by Gasteiger charge is -2.65. The van der Waals surface area contributed by atoms with Gasteiger partial charge in [0.2, 0.25) is 0 Å². The van der Waals surface area contributed by atoms with Crippen LogP contribution in [-0.2, 0) is 23.9 Å². The van der Waals surface area contributed by atoms with Crippen molar-refractivity contribution in [1.82, 2.24) is 0 Å². The van der Waals surface area contributed by atoms with Gasteiger partial charge in [-0.3, -0.25) is 9.59 Å². The molecule has 0 saturated heterocycles. The highest BCUT2D eigenvalue weighted by Crippen LogP contribution is 2.72. The molecular formula is C25H36O5. The van der Waals surface area contributed by atoms with Crippen molar-refractivity contribution < 1.29 is 23.9 Å². The van der Waals surface area contributed by atoms with Crippen LogP contribution in [0, 0.1) is 34.5 Å². The number of hydrogen-bond donors (Lipinski definition) is 0. The summed E-state index contributed by atoms with van der Waals surface area (Å²) in [6.45, 7) is 15.9. The topological polar surface area (TPSA) is 69.7 Å². The molecule has 30 heavy (non-hydrogen) atoms. The summed E-state index contributed by atoms with van der Waals surface area (Å²) in [5, 5.41) is 0. The molecule has 3 aliphatic rings. The first-order valence-corrected chi connectivity index (χ1v) is 11.1. The Labute approximate surface area is 180 Å². The molecule has 5 nitrogen and oxygen atoms in total. The van der Waals surface area contributed by atoms with Crippen molar-refractivity contribution in [2.45, 2.75) is 80.4 Å². The Morgan fingerprint density at radius 1 is 1.13 bits per heavy atom. The van der Waals surface area contributed by atoms with E-state index in [1.807, 2.05) is 34.6 Å². The zero-order valence-electron chi connectivity index (χ0n) is 19.6. The first-order valence-electron chi connectivity index (χ1n) is 11.1. The molecule has 0 heterocycles. The highest BCUT2D eigenvalue weighted by molar-refractivity contribution is 5.97. The molecule has 0 aromatic rings. The molecule has 4 bridgehead atoms. The number of allylic oxidation sites excluding steroid dienone is 3. The van der Waals surface area contributed by atoms with Crippen LogP contribution < -0.4 is 0 Å². The predicted molar refractivity (Wildman–Crippen MR) is 114 cm³/mol. The van der Waals surface area contributed by atoms with Gasteiger partial charge in [0.1, 0.15) is 12.2 Å². The maximum absolute atomic E-state index is 13.0. The summed E-state index contributed by atoms with van der Waals surface area (Å²) >= 11 is 0. The maximum atomic E-state index is 13.0. The molecule has 6 unspecified atom stereocenters. The molecule has 166 valence electrons. The number of carbonyl (C=O) groups excluding carboxylic acids is 3. The Balaban J connectivity index is 2.01. The van der Waals surface area contributed by atoms with E-state index in [9.17, 15) is 14.4 Å². The van der Waals surface area contributed by atoms with Crippen LogP contribution in [-0.4, -0.2) is 29.9 Å². The van der Waals surface area contributed by atoms with Gasteiger partial charge in [-0.15, -0.1) is 0 Å². The van der Waals surface area contributed by atoms with Crippen LogP contribution in [0.4, 0.5) is 0 Å². The molecule has 0 aromatic carbocycles. The van der Waals surface area contributed by atoms with E-state index in [1.54, 1.807) is 6.08 Å². The van der Waals surface area contributed by atoms with Crippen molar-refractivity contribution in [3.8, 4) is 0 Å². The number of carbonyl (C=O) groups is 3. The first-order chi connectivity index (χ1) is 13.8. The summed E-state index contributed by atoms with van der Waals surface area (Å²) in [4.78, 5) is 38.2. The Kier molecular flexibility index (Phi) is 5.81. The minimum atomic E-state index is -0.488. The predicted octanol–water partition coefficient (Wildman–Crippen LogP) is 4.65. The minimum absolute atomic E-state index is 0.0732. The highest BCUT2D eigenvalue weighted by atomic mass is 16.6. The SMILES string of the molecule is CC(C)=CC(=O)OC1CC(OC(=O)CC(C)C)C(C)(C)C2C3C(=O)C=C(C)C2C13C. The smallest absolute Gasteiger partial charge is 0.330 e. The van der Waals surface area contributed by atoms with Gasteiger partial charge < -0.3 is 9.47 Å². The number of fused-ring (bicyclic) bond motifs is 1. The van der Waals surface area contributed by atoms with Gasteiger partial charge in [-0.25, -0.2) is 4.79 Å². The van der Waals surface area contributed by atoms with E-state index in [2.05, 4.69) is 20.8 Å². The standard InChI is InChI=1S/C25H36O5/c1-13(2)9-19(27)29-17-12-18(30-20(28)10-14(3)4)25(8)21-15(5)11-16(26)22(25)23(21)24(17,6)7/h10-11,13,17-18,21-23H,9,12H2,1-8H3. The van der Waals surface area contributed by atoms with Gasteiger partial charge in [0.05, 0.1) is 0 Å². The molecule has 0 aromatic heterocycles. The normalized spacial score (nSPS) is 36.2. The zero-order valence-corrected chi connectivity index (χ0v) is 19.6. The van der Waals surface area contributed by atoms with Crippen LogP contribution in [0.2, 0.25) is 0 Å². The molecule has 2 fully saturated rings. The van der Waals surface area contributed by atoms with Crippen LogP contribution >= 0.6 is 0 Å². The van der Waals surface area contributed by atoms with Crippen molar-refractivity contribution in [1.29, 1.82) is 0 Å². The zero-order chi connectivity index (χ0) is 22.6. The van der Waals surface area contributed by atoms with E-state index in [1.165, 1.54) is 6.08 Å². The van der Waals surface area contributed by atoms with Crippen molar-refractivity contribution in [3.05, 3.63) is 23.3 Å². The monoisotopic (exact) mass is 416 g/mol. The second-order valence-corrected chi connectivity index (χ2v) is 10.9. The van der Waals surface area contributed by atoms with Crippen molar-refractivity contribution in [2.75, 3.05) is 0 Å². The lowest BCUT2D eigenvalue weighted by atomic mass is 9.37. The van der Waals surface area contributed by atoms with Crippen LogP contribution in [0.5, 0.6) is 0 Å². The molecule has 0 aliphatic heterocycles. The van der Waals surface area contributed by atoms with Gasteiger partial charge in [-0.05, 0) is 44.6 Å². The van der Waals surface area contributed by atoms with E-state index < -0.39 is 29.0 Å². The van der Waals surface area contributed by atoms with Crippen molar-refractivity contribution in [2.24, 2.45) is 34.5 Å². The number of esters is 2. The summed E-state index contributed by atoms with van der Waals surface area (Å²) in [5.74, 6) is -0.339. The fourth-order valence-electron chi connectivity index (χ4n) is 6.25. The molecule has 0 spiro atoms. The Morgan fingerprint density at radius 3 is 2.30 bits per heavy atom. The van der Waals surface area contributed by atoms with E-state index in [-0.39, 0.29) is 35.4 Å². The number of hydrogen-bond acceptors (Lipinski definition) is 5. The van der Waals surface area contributed by atoms with Gasteiger partial charge in [0.15, 0.2) is 5.78 Å². The highest BCUT2D eigenvalue weighted by Gasteiger charge is 2.74. The number of ketones is 1. The molecule has 0 radical (unpaired) electrons. The molecule has 6 atom stereocenters. The van der Waals surface area contributed by atoms with Crippen LogP contribution in [0.25, 0.3) is 0 Å². The molecule has 5 heteroatoms. The molecule has 3 aliphatic carbocycles. The second kappa shape index (κ2) is 7.65. The van der Waals surface area contributed by atoms with Gasteiger partial charge in [-0.2, -0.15) is 0 Å². The Morgan fingerprint density at radius 2 is 1.77 bits per heavy atom. The molecule has 0 N–H and O–H groups in total. The van der Waals surface area contributed by atoms with E-state index >= 15 is 0 Å². The Bertz CT molecular complexity index is 813. The molecular weight excluding hydrogens is 380 g/mol. The number of rotatable bonds is 5. The van der Waals surface area contributed by atoms with Crippen molar-refractivity contribution >= 4 is 17.7 Å². The van der Waals surface area contributed by atoms with E-state index in [0.717, 1.165) is 11.1 Å². The van der Waals surface area contributed by atoms with Gasteiger partial charge >= 0.3 is 11.9 Å². The average molecular weight is 417 g/mol. The van der Waals surface area contributed by atoms with E-state index in [4.69, 9.17) is 9.47 Å². The fraction of sp³-hybridized carbons (Fsp3) is 0.720. The largest absolute Gasteiger partial charge is 0.462 e. The van der Waals surface area contributed by atoms with Gasteiger partial charge in [0.25, 0.3) is 0 Å². The van der Waals surface area contributed by atoms with Crippen molar-refractivity contribution in [3.63, 3.8) is 0 Å². The van der Waals surface area contributed by atoms with Crippen LogP contribution in [0.3, 0.4) is 0 Å². The lowest BCUT2D eigenvalue weighted by molar-refractivity contribution is -0.202. The minimum Gasteiger partial charge on any atom is -0.462 e. The van der Waals surface area contributed by atoms with Crippen LogP contribution in [0.15, 0.2) is 23.3 Å². The fourth-order valence-corrected chi connectivity index (χ4v) is 6.25. The average Bonchev–Trinajstić information content (AvgIpc) is 2.66. The summed E-state index contributed by atoms with van der Waals surface area (Å²) in [7, 11) is 0. The van der Waals surface area contributed by atoms with Gasteiger partial charge in [-0.1, -0.05) is 45.8 Å². The third kappa shape index (κ3) is 3.54. The Hall–Kier alpha value is -1.91. The van der Waals surface area contributed by atoms with Gasteiger partial charge in [0, 0.05) is 35.7 Å². The summed E-state index contributed by atoms with van der Waals surface area (Å²) in [5.41, 5.74) is 1.03. The summed E-state index contributed by atoms with van der Waals surface area (Å²) in [6, 6.07) is 0.